The highest BCUT2D eigenvalue weighted by molar-refractivity contribution is 5.98. The quantitative estimate of drug-likeness (QED) is 0.654. The number of halogens is 1. The van der Waals surface area contributed by atoms with Crippen molar-refractivity contribution in [2.75, 3.05) is 31.6 Å². The fourth-order valence-corrected chi connectivity index (χ4v) is 4.42. The number of primary amides is 1. The van der Waals surface area contributed by atoms with Crippen molar-refractivity contribution in [2.24, 2.45) is 5.73 Å². The topological polar surface area (TPSA) is 108 Å². The number of rotatable bonds is 4. The number of likely N-dealkylation sites (tertiary alicyclic amines) is 1. The van der Waals surface area contributed by atoms with E-state index < -0.39 is 11.7 Å². The van der Waals surface area contributed by atoms with E-state index in [2.05, 4.69) is 5.32 Å². The number of nitrogens with zero attached hydrogens (tertiary/aromatic N) is 2. The lowest BCUT2D eigenvalue weighted by Gasteiger charge is -2.37. The zero-order chi connectivity index (χ0) is 25.4. The van der Waals surface area contributed by atoms with Gasteiger partial charge in [-0.25, -0.2) is 9.18 Å². The van der Waals surface area contributed by atoms with Crippen LogP contribution >= 0.6 is 0 Å². The molecule has 3 amide bonds. The maximum Gasteiger partial charge on any atom is 0.316 e. The number of alkyl halides is 1. The summed E-state index contributed by atoms with van der Waals surface area (Å²) in [5.74, 6) is -0.190. The van der Waals surface area contributed by atoms with Gasteiger partial charge in [-0.15, -0.1) is 0 Å². The molecular weight excluding hydrogens is 447 g/mol. The number of carbonyl (C=O) groups excluding carboxylic acids is 2. The van der Waals surface area contributed by atoms with Crippen molar-refractivity contribution >= 4 is 17.6 Å². The second-order valence-electron chi connectivity index (χ2n) is 8.93. The van der Waals surface area contributed by atoms with Gasteiger partial charge in [0.25, 0.3) is 5.91 Å². The largest absolute Gasteiger partial charge is 0.381 e. The number of aryl methyl sites for hydroxylation is 2. The molecule has 0 aliphatic carbocycles. The Morgan fingerprint density at radius 1 is 1.17 bits per heavy atom. The number of nitrogens with one attached hydrogen (secondary N) is 1. The molecule has 2 heterocycles. The third kappa shape index (κ3) is 6.58. The first kappa shape index (κ1) is 26.2. The molecule has 2 aromatic rings. The van der Waals surface area contributed by atoms with Crippen LogP contribution in [-0.2, 0) is 16.8 Å². The summed E-state index contributed by atoms with van der Waals surface area (Å²) in [5.41, 5.74) is 7.44. The molecule has 0 aromatic heterocycles. The number of hydrogen-bond acceptors (Lipinski definition) is 4. The van der Waals surface area contributed by atoms with Crippen LogP contribution in [0.3, 0.4) is 0 Å². The van der Waals surface area contributed by atoms with Gasteiger partial charge in [0.15, 0.2) is 0 Å². The van der Waals surface area contributed by atoms with Crippen LogP contribution in [0.5, 0.6) is 0 Å². The zero-order valence-corrected chi connectivity index (χ0v) is 20.4. The lowest BCUT2D eigenvalue weighted by molar-refractivity contribution is 0.0421. The van der Waals surface area contributed by atoms with Gasteiger partial charge in [0.1, 0.15) is 5.67 Å². The minimum Gasteiger partial charge on any atom is -0.381 e. The fourth-order valence-electron chi connectivity index (χ4n) is 4.42. The molecule has 3 N–H and O–H groups in total. The second kappa shape index (κ2) is 11.8. The van der Waals surface area contributed by atoms with E-state index in [-0.39, 0.29) is 31.8 Å². The number of amides is 3. The molecule has 2 aromatic carbocycles. The molecule has 186 valence electrons. The molecule has 2 fully saturated rings. The van der Waals surface area contributed by atoms with Gasteiger partial charge in [-0.2, -0.15) is 5.26 Å². The first-order valence-corrected chi connectivity index (χ1v) is 12.0. The van der Waals surface area contributed by atoms with Crippen molar-refractivity contribution in [3.8, 4) is 6.07 Å². The van der Waals surface area contributed by atoms with E-state index in [9.17, 15) is 9.59 Å². The maximum atomic E-state index is 15.5. The molecule has 2 saturated heterocycles. The molecule has 0 spiro atoms. The Hall–Kier alpha value is -3.44. The minimum absolute atomic E-state index is 0.184. The van der Waals surface area contributed by atoms with Gasteiger partial charge in [0.05, 0.1) is 11.6 Å². The van der Waals surface area contributed by atoms with Crippen molar-refractivity contribution in [2.45, 2.75) is 51.6 Å². The van der Waals surface area contributed by atoms with Crippen LogP contribution in [0.2, 0.25) is 0 Å². The van der Waals surface area contributed by atoms with Crippen molar-refractivity contribution in [3.63, 3.8) is 0 Å². The van der Waals surface area contributed by atoms with Gasteiger partial charge in [0, 0.05) is 50.4 Å². The van der Waals surface area contributed by atoms with E-state index >= 15 is 4.39 Å². The maximum absolute atomic E-state index is 15.5. The summed E-state index contributed by atoms with van der Waals surface area (Å²) in [6.07, 6.45) is 3.61. The molecule has 7 nitrogen and oxygen atoms in total. The van der Waals surface area contributed by atoms with Gasteiger partial charge >= 0.3 is 6.03 Å². The Morgan fingerprint density at radius 2 is 1.80 bits per heavy atom. The van der Waals surface area contributed by atoms with Crippen molar-refractivity contribution in [1.29, 1.82) is 5.26 Å². The lowest BCUT2D eigenvalue weighted by Crippen LogP contribution is -2.43. The monoisotopic (exact) mass is 480 g/mol. The number of anilines is 1. The molecule has 0 bridgehead atoms. The molecular formula is C27H33FN4O3. The Morgan fingerprint density at radius 3 is 2.29 bits per heavy atom. The highest BCUT2D eigenvalue weighted by Crippen LogP contribution is 2.37. The average molecular weight is 481 g/mol. The number of benzene rings is 2. The molecule has 4 rings (SSSR count). The molecule has 2 aliphatic heterocycles. The molecule has 2 aliphatic rings. The van der Waals surface area contributed by atoms with E-state index in [1.54, 1.807) is 35.2 Å². The number of hydrogen-bond donors (Lipinski definition) is 2. The number of nitrogens with two attached hydrogens (primary N) is 1. The van der Waals surface area contributed by atoms with Gasteiger partial charge in [-0.1, -0.05) is 25.1 Å². The summed E-state index contributed by atoms with van der Waals surface area (Å²) in [4.78, 5) is 26.1. The summed E-state index contributed by atoms with van der Waals surface area (Å²) in [6.45, 7) is 6.36. The molecule has 0 saturated carbocycles. The number of piperidine rings is 1. The summed E-state index contributed by atoms with van der Waals surface area (Å²) in [5, 5.41) is 11.5. The first-order valence-electron chi connectivity index (χ1n) is 12.0. The Labute approximate surface area is 206 Å². The van der Waals surface area contributed by atoms with Gasteiger partial charge in [0.2, 0.25) is 0 Å². The normalized spacial score (nSPS) is 16.6. The van der Waals surface area contributed by atoms with E-state index in [0.717, 1.165) is 24.3 Å². The summed E-state index contributed by atoms with van der Waals surface area (Å²) < 4.78 is 20.4. The van der Waals surface area contributed by atoms with Crippen molar-refractivity contribution in [3.05, 3.63) is 64.2 Å². The number of nitriles is 1. The van der Waals surface area contributed by atoms with Crippen LogP contribution in [0.15, 0.2) is 36.4 Å². The highest BCUT2D eigenvalue weighted by atomic mass is 19.1. The Balaban J connectivity index is 0.000000607. The van der Waals surface area contributed by atoms with E-state index in [1.165, 1.54) is 12.8 Å². The number of carbonyl (C=O) groups is 2. The summed E-state index contributed by atoms with van der Waals surface area (Å²) >= 11 is 0. The standard InChI is InChI=1S/C23H25FN4O2.C4H8O/c1-3-17-12-15(2)19(13-20(17)27-22(26)30)21(29)28-10-8-23(24,9-11-28)18-6-4-16(14-25)5-7-18;1-2-4-5-3-1/h4-7,12-13H,3,8-11H2,1-2H3,(H3,26,27,30);1-4H2. The molecule has 0 atom stereocenters. The third-order valence-corrected chi connectivity index (χ3v) is 6.52. The van der Waals surface area contributed by atoms with Crippen molar-refractivity contribution in [1.82, 2.24) is 4.90 Å². The van der Waals surface area contributed by atoms with Gasteiger partial charge in [-0.3, -0.25) is 4.79 Å². The lowest BCUT2D eigenvalue weighted by atomic mass is 9.85. The van der Waals surface area contributed by atoms with Crippen LogP contribution in [0.4, 0.5) is 14.9 Å². The number of ether oxygens (including phenoxy) is 1. The van der Waals surface area contributed by atoms with Crippen LogP contribution in [0, 0.1) is 18.3 Å². The van der Waals surface area contributed by atoms with E-state index in [4.69, 9.17) is 15.7 Å². The molecule has 8 heteroatoms. The van der Waals surface area contributed by atoms with Gasteiger partial charge in [-0.05, 0) is 61.1 Å². The van der Waals surface area contributed by atoms with Crippen LogP contribution in [0.1, 0.15) is 65.2 Å². The Bertz CT molecular complexity index is 1080. The SMILES string of the molecule is C1CCOC1.CCc1cc(C)c(C(=O)N2CCC(F)(c3ccc(C#N)cc3)CC2)cc1NC(N)=O. The van der Waals surface area contributed by atoms with Crippen LogP contribution < -0.4 is 11.1 Å². The smallest absolute Gasteiger partial charge is 0.316 e. The molecule has 0 radical (unpaired) electrons. The van der Waals surface area contributed by atoms with E-state index in [0.29, 0.717) is 28.8 Å². The summed E-state index contributed by atoms with van der Waals surface area (Å²) in [6, 6.07) is 11.4. The first-order chi connectivity index (χ1) is 16.8. The molecule has 35 heavy (non-hydrogen) atoms. The van der Waals surface area contributed by atoms with Crippen molar-refractivity contribution < 1.29 is 18.7 Å². The fraction of sp³-hybridized carbons (Fsp3) is 0.444. The zero-order valence-electron chi connectivity index (χ0n) is 20.4. The third-order valence-electron chi connectivity index (χ3n) is 6.52. The van der Waals surface area contributed by atoms with Crippen LogP contribution in [-0.4, -0.2) is 43.1 Å². The highest BCUT2D eigenvalue weighted by Gasteiger charge is 2.38. The van der Waals surface area contributed by atoms with Crippen LogP contribution in [0.25, 0.3) is 0 Å². The summed E-state index contributed by atoms with van der Waals surface area (Å²) in [7, 11) is 0. The Kier molecular flexibility index (Phi) is 8.83. The predicted octanol–water partition coefficient (Wildman–Crippen LogP) is 4.82. The average Bonchev–Trinajstić information content (AvgIpc) is 3.45. The minimum atomic E-state index is -1.52. The number of urea groups is 1. The van der Waals surface area contributed by atoms with E-state index in [1.807, 2.05) is 26.0 Å². The predicted molar refractivity (Wildman–Crippen MR) is 133 cm³/mol. The second-order valence-corrected chi connectivity index (χ2v) is 8.93. The molecule has 0 unspecified atom stereocenters. The van der Waals surface area contributed by atoms with Gasteiger partial charge < -0.3 is 20.7 Å².